The zero-order valence-electron chi connectivity index (χ0n) is 23.0. The van der Waals surface area contributed by atoms with Crippen LogP contribution in [0.5, 0.6) is 0 Å². The number of allylic oxidation sites excluding steroid dienone is 2. The summed E-state index contributed by atoms with van der Waals surface area (Å²) >= 11 is 1.42. The summed E-state index contributed by atoms with van der Waals surface area (Å²) in [6.07, 6.45) is 3.98. The van der Waals surface area contributed by atoms with E-state index in [4.69, 9.17) is 4.74 Å². The molecule has 7 heteroatoms. The van der Waals surface area contributed by atoms with Gasteiger partial charge >= 0.3 is 5.97 Å². The molecule has 1 aliphatic carbocycles. The molecular formula is C32H44O6S. The third kappa shape index (κ3) is 10.1. The molecule has 0 radical (unpaired) electrons. The molecule has 0 bridgehead atoms. The molecule has 0 heterocycles. The summed E-state index contributed by atoms with van der Waals surface area (Å²) in [7, 11) is 0. The lowest BCUT2D eigenvalue weighted by molar-refractivity contribution is -0.147. The first-order chi connectivity index (χ1) is 18.8. The quantitative estimate of drug-likeness (QED) is 0.107. The van der Waals surface area contributed by atoms with Gasteiger partial charge in [0.25, 0.3) is 0 Å². The first-order valence-corrected chi connectivity index (χ1v) is 15.0. The maximum Gasteiger partial charge on any atom is 0.306 e. The molecule has 0 aliphatic heterocycles. The summed E-state index contributed by atoms with van der Waals surface area (Å²) in [6, 6.07) is 19.6. The second-order valence-corrected chi connectivity index (χ2v) is 12.0. The van der Waals surface area contributed by atoms with Crippen LogP contribution < -0.4 is 0 Å². The molecule has 2 aromatic carbocycles. The molecule has 4 N–H and O–H groups in total. The molecular weight excluding hydrogens is 512 g/mol. The van der Waals surface area contributed by atoms with E-state index >= 15 is 0 Å². The second-order valence-electron chi connectivity index (χ2n) is 10.7. The molecule has 0 aromatic heterocycles. The van der Waals surface area contributed by atoms with Gasteiger partial charge < -0.3 is 25.2 Å². The van der Waals surface area contributed by atoms with Crippen LogP contribution in [0.15, 0.2) is 77.7 Å². The van der Waals surface area contributed by atoms with Crippen LogP contribution in [-0.4, -0.2) is 62.2 Å². The highest BCUT2D eigenvalue weighted by molar-refractivity contribution is 8.00. The van der Waals surface area contributed by atoms with Crippen molar-refractivity contribution in [1.82, 2.24) is 0 Å². The van der Waals surface area contributed by atoms with Crippen LogP contribution in [0.2, 0.25) is 0 Å². The molecule has 7 atom stereocenters. The van der Waals surface area contributed by atoms with Crippen molar-refractivity contribution in [2.45, 2.75) is 99.5 Å². The molecule has 1 fully saturated rings. The van der Waals surface area contributed by atoms with Crippen LogP contribution in [0.4, 0.5) is 0 Å². The number of carbonyl (C=O) groups is 1. The summed E-state index contributed by atoms with van der Waals surface area (Å²) in [5, 5.41) is 44.0. The lowest BCUT2D eigenvalue weighted by atomic mass is 9.83. The molecule has 3 rings (SSSR count). The van der Waals surface area contributed by atoms with Gasteiger partial charge in [-0.3, -0.25) is 4.79 Å². The molecule has 39 heavy (non-hydrogen) atoms. The zero-order valence-corrected chi connectivity index (χ0v) is 23.8. The van der Waals surface area contributed by atoms with Gasteiger partial charge in [-0.1, -0.05) is 60.7 Å². The topological polar surface area (TPSA) is 107 Å². The highest BCUT2D eigenvalue weighted by Gasteiger charge is 2.48. The Kier molecular flexibility index (Phi) is 13.0. The van der Waals surface area contributed by atoms with E-state index in [0.29, 0.717) is 38.5 Å². The molecule has 1 saturated carbocycles. The Morgan fingerprint density at radius 2 is 1.67 bits per heavy atom. The van der Waals surface area contributed by atoms with Gasteiger partial charge in [0.05, 0.1) is 35.8 Å². The predicted molar refractivity (Wildman–Crippen MR) is 155 cm³/mol. The highest BCUT2D eigenvalue weighted by atomic mass is 32.2. The van der Waals surface area contributed by atoms with Gasteiger partial charge in [-0.15, -0.1) is 11.8 Å². The van der Waals surface area contributed by atoms with Crippen LogP contribution >= 0.6 is 11.8 Å². The predicted octanol–water partition coefficient (Wildman–Crippen LogP) is 4.93. The van der Waals surface area contributed by atoms with Gasteiger partial charge in [-0.25, -0.2) is 0 Å². The lowest BCUT2D eigenvalue weighted by Gasteiger charge is -2.35. The Bertz CT molecular complexity index is 998. The minimum absolute atomic E-state index is 0.118. The van der Waals surface area contributed by atoms with E-state index in [1.807, 2.05) is 86.7 Å². The average Bonchev–Trinajstić information content (AvgIpc) is 3.20. The SMILES string of the molecule is CC(C)OC(=O)CCC/C=C\C[C@@H]1[C@@H]([C@@H](O)[C@@H](Sc2ccccc2)[C@@H](O)CCc2ccccc2)[C@H](O)C[C@@H]1O. The number of benzene rings is 2. The average molecular weight is 557 g/mol. The van der Waals surface area contributed by atoms with Gasteiger partial charge in [-0.2, -0.15) is 0 Å². The van der Waals surface area contributed by atoms with Crippen LogP contribution in [0, 0.1) is 11.8 Å². The first-order valence-electron chi connectivity index (χ1n) is 14.1. The van der Waals surface area contributed by atoms with E-state index in [2.05, 4.69) is 0 Å². The minimum atomic E-state index is -1.02. The second kappa shape index (κ2) is 16.2. The van der Waals surface area contributed by atoms with Crippen molar-refractivity contribution in [1.29, 1.82) is 0 Å². The standard InChI is InChI=1S/C32H44O6S/c1-22(2)38-29(36)18-12-4-3-11-17-25-27(34)21-28(35)30(25)31(37)32(39-24-15-9-6-10-16-24)26(33)20-19-23-13-7-5-8-14-23/h3,5-11,13-16,22,25-28,30-35,37H,4,12,17-21H2,1-2H3/b11-3-/t25-,26-,27-,28+,30+,31+,32-/m0/s1. The van der Waals surface area contributed by atoms with Crippen molar-refractivity contribution in [3.63, 3.8) is 0 Å². The third-order valence-corrected chi connectivity index (χ3v) is 8.72. The zero-order chi connectivity index (χ0) is 28.2. The maximum atomic E-state index is 11.7. The molecule has 0 saturated heterocycles. The molecule has 2 aromatic rings. The molecule has 6 nitrogen and oxygen atoms in total. The van der Waals surface area contributed by atoms with Gasteiger partial charge in [0.1, 0.15) is 0 Å². The number of carbonyl (C=O) groups excluding carboxylic acids is 1. The number of hydrogen-bond donors (Lipinski definition) is 4. The molecule has 1 aliphatic rings. The number of rotatable bonds is 15. The van der Waals surface area contributed by atoms with Crippen molar-refractivity contribution in [3.8, 4) is 0 Å². The Morgan fingerprint density at radius 3 is 2.33 bits per heavy atom. The summed E-state index contributed by atoms with van der Waals surface area (Å²) in [5.41, 5.74) is 1.12. The largest absolute Gasteiger partial charge is 0.463 e. The fourth-order valence-corrected chi connectivity index (χ4v) is 6.59. The number of aryl methyl sites for hydroxylation is 1. The van der Waals surface area contributed by atoms with E-state index in [1.165, 1.54) is 11.8 Å². The van der Waals surface area contributed by atoms with Gasteiger partial charge in [0.15, 0.2) is 0 Å². The number of unbranched alkanes of at least 4 members (excludes halogenated alkanes) is 1. The Hall–Kier alpha value is -2.16. The first kappa shape index (κ1) is 31.4. The minimum Gasteiger partial charge on any atom is -0.463 e. The number of aliphatic hydroxyl groups excluding tert-OH is 4. The molecule has 0 spiro atoms. The third-order valence-electron chi connectivity index (χ3n) is 7.31. The number of ether oxygens (including phenoxy) is 1. The summed E-state index contributed by atoms with van der Waals surface area (Å²) < 4.78 is 5.16. The van der Waals surface area contributed by atoms with Crippen molar-refractivity contribution >= 4 is 17.7 Å². The normalized spacial score (nSPS) is 23.7. The highest BCUT2D eigenvalue weighted by Crippen LogP contribution is 2.42. The van der Waals surface area contributed by atoms with Crippen LogP contribution in [0.3, 0.4) is 0 Å². The van der Waals surface area contributed by atoms with Gasteiger partial charge in [0, 0.05) is 17.2 Å². The van der Waals surface area contributed by atoms with Gasteiger partial charge in [0.2, 0.25) is 0 Å². The fourth-order valence-electron chi connectivity index (χ4n) is 5.35. The van der Waals surface area contributed by atoms with E-state index in [1.54, 1.807) is 0 Å². The number of thioether (sulfide) groups is 1. The van der Waals surface area contributed by atoms with Gasteiger partial charge in [-0.05, 0) is 76.0 Å². The summed E-state index contributed by atoms with van der Waals surface area (Å²) in [5.74, 6) is -1.11. The van der Waals surface area contributed by atoms with Crippen molar-refractivity contribution < 1.29 is 30.0 Å². The monoisotopic (exact) mass is 556 g/mol. The van der Waals surface area contributed by atoms with Crippen LogP contribution in [0.25, 0.3) is 0 Å². The molecule has 214 valence electrons. The van der Waals surface area contributed by atoms with Crippen LogP contribution in [-0.2, 0) is 16.0 Å². The van der Waals surface area contributed by atoms with Crippen molar-refractivity contribution in [2.75, 3.05) is 0 Å². The number of esters is 1. The Balaban J connectivity index is 1.66. The lowest BCUT2D eigenvalue weighted by Crippen LogP contribution is -2.45. The molecule has 0 amide bonds. The van der Waals surface area contributed by atoms with E-state index in [-0.39, 0.29) is 24.4 Å². The van der Waals surface area contributed by atoms with Crippen LogP contribution in [0.1, 0.15) is 57.9 Å². The number of hydrogen-bond acceptors (Lipinski definition) is 7. The maximum absolute atomic E-state index is 11.7. The molecule has 0 unspecified atom stereocenters. The summed E-state index contributed by atoms with van der Waals surface area (Å²) in [4.78, 5) is 12.6. The van der Waals surface area contributed by atoms with E-state index < -0.39 is 35.6 Å². The fraction of sp³-hybridized carbons (Fsp3) is 0.531. The Morgan fingerprint density at radius 1 is 1.00 bits per heavy atom. The van der Waals surface area contributed by atoms with Crippen molar-refractivity contribution in [3.05, 3.63) is 78.4 Å². The van der Waals surface area contributed by atoms with E-state index in [9.17, 15) is 25.2 Å². The smallest absolute Gasteiger partial charge is 0.306 e. The van der Waals surface area contributed by atoms with E-state index in [0.717, 1.165) is 10.5 Å². The summed E-state index contributed by atoms with van der Waals surface area (Å²) in [6.45, 7) is 3.66. The Labute approximate surface area is 237 Å². The van der Waals surface area contributed by atoms with Crippen molar-refractivity contribution in [2.24, 2.45) is 11.8 Å². The number of aliphatic hydroxyl groups is 4.